The molecule has 1 N–H and O–H groups in total. The van der Waals surface area contributed by atoms with E-state index >= 15 is 0 Å². The summed E-state index contributed by atoms with van der Waals surface area (Å²) in [6, 6.07) is 0. The van der Waals surface area contributed by atoms with Gasteiger partial charge in [-0.3, -0.25) is 0 Å². The first-order valence-electron chi connectivity index (χ1n) is 4.45. The van der Waals surface area contributed by atoms with E-state index in [0.717, 1.165) is 0 Å². The van der Waals surface area contributed by atoms with Crippen molar-refractivity contribution in [2.45, 2.75) is 13.8 Å². The van der Waals surface area contributed by atoms with Crippen molar-refractivity contribution in [2.75, 3.05) is 33.2 Å². The predicted octanol–water partition coefficient (Wildman–Crippen LogP) is 0.548. The average molecular weight is 154 g/mol. The molecule has 0 aliphatic carbocycles. The fourth-order valence-corrected chi connectivity index (χ4v) is 2.78. The summed E-state index contributed by atoms with van der Waals surface area (Å²) in [6.07, 6.45) is 0. The molecule has 0 aromatic carbocycles. The lowest BCUT2D eigenvalue weighted by atomic mass is 9.71. The SMILES string of the molecule is CN1C[C@]2(C)CNC[C@@]2(C)C1. The van der Waals surface area contributed by atoms with E-state index in [1.165, 1.54) is 26.2 Å². The summed E-state index contributed by atoms with van der Waals surface area (Å²) < 4.78 is 0. The van der Waals surface area contributed by atoms with Crippen LogP contribution in [0, 0.1) is 10.8 Å². The van der Waals surface area contributed by atoms with Crippen LogP contribution in [0.5, 0.6) is 0 Å². The largest absolute Gasteiger partial charge is 0.316 e. The number of likely N-dealkylation sites (tertiary alicyclic amines) is 1. The smallest absolute Gasteiger partial charge is 0.00509 e. The summed E-state index contributed by atoms with van der Waals surface area (Å²) in [5.41, 5.74) is 1.06. The average Bonchev–Trinajstić information content (AvgIpc) is 2.16. The standard InChI is InChI=1S/C9H18N2/c1-8-4-10-5-9(8,2)7-11(3)6-8/h10H,4-7H2,1-3H3/t8-,9-/m0/s1. The third-order valence-corrected chi connectivity index (χ3v) is 3.73. The molecule has 2 nitrogen and oxygen atoms in total. The summed E-state index contributed by atoms with van der Waals surface area (Å²) in [4.78, 5) is 2.46. The third kappa shape index (κ3) is 0.859. The maximum Gasteiger partial charge on any atom is 0.00509 e. The Labute approximate surface area is 69.0 Å². The molecule has 0 aromatic heterocycles. The zero-order valence-electron chi connectivity index (χ0n) is 7.78. The third-order valence-electron chi connectivity index (χ3n) is 3.73. The van der Waals surface area contributed by atoms with Crippen molar-refractivity contribution in [3.8, 4) is 0 Å². The molecule has 2 heterocycles. The second kappa shape index (κ2) is 1.99. The molecular weight excluding hydrogens is 136 g/mol. The van der Waals surface area contributed by atoms with Gasteiger partial charge in [-0.15, -0.1) is 0 Å². The molecule has 2 aliphatic heterocycles. The van der Waals surface area contributed by atoms with Crippen LogP contribution in [-0.2, 0) is 0 Å². The number of hydrogen-bond acceptors (Lipinski definition) is 2. The monoisotopic (exact) mass is 154 g/mol. The Balaban J connectivity index is 2.28. The highest BCUT2D eigenvalue weighted by Gasteiger charge is 2.53. The molecule has 64 valence electrons. The zero-order chi connectivity index (χ0) is 8.11. The van der Waals surface area contributed by atoms with E-state index in [0.29, 0.717) is 10.8 Å². The van der Waals surface area contributed by atoms with Crippen LogP contribution in [0.4, 0.5) is 0 Å². The summed E-state index contributed by atoms with van der Waals surface area (Å²) >= 11 is 0. The molecule has 0 aromatic rings. The molecule has 2 atom stereocenters. The summed E-state index contributed by atoms with van der Waals surface area (Å²) in [7, 11) is 2.23. The van der Waals surface area contributed by atoms with Crippen LogP contribution in [0.1, 0.15) is 13.8 Å². The van der Waals surface area contributed by atoms with Crippen LogP contribution in [0.3, 0.4) is 0 Å². The molecule has 2 heteroatoms. The molecule has 0 amide bonds. The summed E-state index contributed by atoms with van der Waals surface area (Å²) in [5, 5.41) is 3.50. The number of nitrogens with zero attached hydrogens (tertiary/aromatic N) is 1. The maximum atomic E-state index is 3.50. The van der Waals surface area contributed by atoms with Crippen LogP contribution < -0.4 is 5.32 Å². The van der Waals surface area contributed by atoms with Gasteiger partial charge in [0, 0.05) is 37.0 Å². The Kier molecular flexibility index (Phi) is 1.37. The molecule has 2 aliphatic rings. The molecule has 0 unspecified atom stereocenters. The van der Waals surface area contributed by atoms with E-state index in [1.807, 2.05) is 0 Å². The van der Waals surface area contributed by atoms with Crippen LogP contribution in [0.25, 0.3) is 0 Å². The van der Waals surface area contributed by atoms with E-state index in [9.17, 15) is 0 Å². The van der Waals surface area contributed by atoms with Crippen LogP contribution >= 0.6 is 0 Å². The van der Waals surface area contributed by atoms with Gasteiger partial charge in [0.25, 0.3) is 0 Å². The van der Waals surface area contributed by atoms with Gasteiger partial charge in [0.2, 0.25) is 0 Å². The Morgan fingerprint density at radius 1 is 1.09 bits per heavy atom. The van der Waals surface area contributed by atoms with Crippen LogP contribution in [-0.4, -0.2) is 38.1 Å². The number of fused-ring (bicyclic) bond motifs is 1. The van der Waals surface area contributed by atoms with E-state index in [1.54, 1.807) is 0 Å². The fourth-order valence-electron chi connectivity index (χ4n) is 2.78. The highest BCUT2D eigenvalue weighted by molar-refractivity contribution is 5.07. The minimum Gasteiger partial charge on any atom is -0.316 e. The Bertz CT molecular complexity index is 162. The van der Waals surface area contributed by atoms with Gasteiger partial charge in [0.05, 0.1) is 0 Å². The lowest BCUT2D eigenvalue weighted by Gasteiger charge is -2.31. The Hall–Kier alpha value is -0.0800. The van der Waals surface area contributed by atoms with Crippen molar-refractivity contribution in [1.82, 2.24) is 10.2 Å². The highest BCUT2D eigenvalue weighted by atomic mass is 15.2. The number of hydrogen-bond donors (Lipinski definition) is 1. The van der Waals surface area contributed by atoms with Gasteiger partial charge in [0.15, 0.2) is 0 Å². The molecule has 0 spiro atoms. The van der Waals surface area contributed by atoms with E-state index in [2.05, 4.69) is 31.1 Å². The number of nitrogens with one attached hydrogen (secondary N) is 1. The predicted molar refractivity (Wildman–Crippen MR) is 46.6 cm³/mol. The van der Waals surface area contributed by atoms with Gasteiger partial charge in [-0.2, -0.15) is 0 Å². The van der Waals surface area contributed by atoms with Gasteiger partial charge in [0.1, 0.15) is 0 Å². The zero-order valence-corrected chi connectivity index (χ0v) is 7.78. The lowest BCUT2D eigenvalue weighted by molar-refractivity contribution is 0.212. The van der Waals surface area contributed by atoms with Crippen molar-refractivity contribution in [1.29, 1.82) is 0 Å². The van der Waals surface area contributed by atoms with E-state index in [-0.39, 0.29) is 0 Å². The van der Waals surface area contributed by atoms with Crippen molar-refractivity contribution < 1.29 is 0 Å². The first-order valence-corrected chi connectivity index (χ1v) is 4.45. The van der Waals surface area contributed by atoms with E-state index < -0.39 is 0 Å². The maximum absolute atomic E-state index is 3.50. The first kappa shape index (κ1) is 7.56. The quantitative estimate of drug-likeness (QED) is 0.548. The molecule has 0 bridgehead atoms. The highest BCUT2D eigenvalue weighted by Crippen LogP contribution is 2.47. The molecule has 2 fully saturated rings. The van der Waals surface area contributed by atoms with Crippen molar-refractivity contribution >= 4 is 0 Å². The summed E-state index contributed by atoms with van der Waals surface area (Å²) in [6.45, 7) is 9.75. The topological polar surface area (TPSA) is 15.3 Å². The van der Waals surface area contributed by atoms with Crippen LogP contribution in [0.15, 0.2) is 0 Å². The fraction of sp³-hybridized carbons (Fsp3) is 1.00. The lowest BCUT2D eigenvalue weighted by Crippen LogP contribution is -2.34. The molecule has 0 radical (unpaired) electrons. The second-order valence-electron chi connectivity index (χ2n) is 4.90. The van der Waals surface area contributed by atoms with Gasteiger partial charge in [-0.05, 0) is 7.05 Å². The summed E-state index contributed by atoms with van der Waals surface area (Å²) in [5.74, 6) is 0. The molecule has 11 heavy (non-hydrogen) atoms. The Morgan fingerprint density at radius 2 is 1.55 bits per heavy atom. The molecule has 0 saturated carbocycles. The van der Waals surface area contributed by atoms with Gasteiger partial charge < -0.3 is 10.2 Å². The van der Waals surface area contributed by atoms with Gasteiger partial charge >= 0.3 is 0 Å². The minimum atomic E-state index is 0.530. The molecule has 2 rings (SSSR count). The van der Waals surface area contributed by atoms with Crippen molar-refractivity contribution in [3.63, 3.8) is 0 Å². The minimum absolute atomic E-state index is 0.530. The Morgan fingerprint density at radius 3 is 2.00 bits per heavy atom. The van der Waals surface area contributed by atoms with Crippen molar-refractivity contribution in [2.24, 2.45) is 10.8 Å². The molecule has 2 saturated heterocycles. The first-order chi connectivity index (χ1) is 5.06. The molecular formula is C9H18N2. The second-order valence-corrected chi connectivity index (χ2v) is 4.90. The van der Waals surface area contributed by atoms with Gasteiger partial charge in [-0.1, -0.05) is 13.8 Å². The number of rotatable bonds is 0. The van der Waals surface area contributed by atoms with Crippen LogP contribution in [0.2, 0.25) is 0 Å². The normalized spacial score (nSPS) is 51.5. The van der Waals surface area contributed by atoms with Gasteiger partial charge in [-0.25, -0.2) is 0 Å². The van der Waals surface area contributed by atoms with Crippen molar-refractivity contribution in [3.05, 3.63) is 0 Å². The van der Waals surface area contributed by atoms with E-state index in [4.69, 9.17) is 0 Å².